The number of rotatable bonds is 4. The molecule has 3 heterocycles. The van der Waals surface area contributed by atoms with Crippen LogP contribution < -0.4 is 21.7 Å². The van der Waals surface area contributed by atoms with Gasteiger partial charge in [0.15, 0.2) is 11.5 Å². The number of nitrogens with one attached hydrogen (secondary N) is 1. The van der Waals surface area contributed by atoms with Gasteiger partial charge < -0.3 is 21.7 Å². The van der Waals surface area contributed by atoms with Gasteiger partial charge in [-0.15, -0.1) is 0 Å². The molecule has 0 unspecified atom stereocenters. The Morgan fingerprint density at radius 1 is 1.31 bits per heavy atom. The van der Waals surface area contributed by atoms with Crippen molar-refractivity contribution in [3.05, 3.63) is 41.5 Å². The molecule has 11 heteroatoms. The van der Waals surface area contributed by atoms with E-state index in [2.05, 4.69) is 15.4 Å². The van der Waals surface area contributed by atoms with Gasteiger partial charge in [-0.2, -0.15) is 5.10 Å². The molecule has 32 heavy (non-hydrogen) atoms. The minimum atomic E-state index is -1.07. The first-order valence-corrected chi connectivity index (χ1v) is 11.1. The van der Waals surface area contributed by atoms with E-state index in [-0.39, 0.29) is 10.7 Å². The zero-order chi connectivity index (χ0) is 23.0. The molecule has 1 aliphatic rings. The van der Waals surface area contributed by atoms with Crippen molar-refractivity contribution in [2.75, 3.05) is 29.0 Å². The number of amides is 1. The van der Waals surface area contributed by atoms with Crippen molar-refractivity contribution in [1.82, 2.24) is 14.8 Å². The summed E-state index contributed by atoms with van der Waals surface area (Å²) in [4.78, 5) is 19.2. The van der Waals surface area contributed by atoms with Crippen LogP contribution in [0.5, 0.6) is 0 Å². The molecule has 4 rings (SSSR count). The highest BCUT2D eigenvalue weighted by Gasteiger charge is 2.27. The predicted octanol–water partition coefficient (Wildman–Crippen LogP) is 3.09. The van der Waals surface area contributed by atoms with Gasteiger partial charge in [0.1, 0.15) is 27.7 Å². The number of alkyl halides is 1. The van der Waals surface area contributed by atoms with Crippen LogP contribution >= 0.6 is 11.3 Å². The molecular weight excluding hydrogens is 436 g/mol. The Balaban J connectivity index is 1.58. The Morgan fingerprint density at radius 2 is 2.06 bits per heavy atom. The van der Waals surface area contributed by atoms with E-state index in [0.717, 1.165) is 16.9 Å². The molecule has 2 atom stereocenters. The molecular formula is C21H25F2N7OS. The standard InChI is InChI=1S/C21H25F2N7OS/c1-11-3-4-13(22)12(9-11)20-28-17(18(25)32-20)19(31)27-16-10-26-29(2)21(16)30-7-5-14(23)15(24)6-8-30/h3-4,9-10,14-15H,5-8,24-25H2,1-2H3,(H,27,31)/t14-,15-/m0/s1. The molecule has 1 fully saturated rings. The summed E-state index contributed by atoms with van der Waals surface area (Å²) in [6.45, 7) is 2.84. The zero-order valence-corrected chi connectivity index (χ0v) is 18.6. The normalized spacial score (nSPS) is 19.1. The van der Waals surface area contributed by atoms with Crippen molar-refractivity contribution < 1.29 is 13.6 Å². The van der Waals surface area contributed by atoms with Crippen molar-refractivity contribution in [2.45, 2.75) is 32.0 Å². The van der Waals surface area contributed by atoms with Gasteiger partial charge >= 0.3 is 0 Å². The highest BCUT2D eigenvalue weighted by molar-refractivity contribution is 7.19. The predicted molar refractivity (Wildman–Crippen MR) is 122 cm³/mol. The molecule has 1 saturated heterocycles. The highest BCUT2D eigenvalue weighted by atomic mass is 32.1. The summed E-state index contributed by atoms with van der Waals surface area (Å²) in [6.07, 6.45) is 1.24. The van der Waals surface area contributed by atoms with Crippen LogP contribution in [0.15, 0.2) is 24.4 Å². The molecule has 0 saturated carbocycles. The Bertz CT molecular complexity index is 1130. The zero-order valence-electron chi connectivity index (χ0n) is 17.8. The van der Waals surface area contributed by atoms with Gasteiger partial charge in [0.05, 0.1) is 6.20 Å². The second-order valence-corrected chi connectivity index (χ2v) is 8.95. The summed E-state index contributed by atoms with van der Waals surface area (Å²) in [5.74, 6) is -0.308. The lowest BCUT2D eigenvalue weighted by Gasteiger charge is -2.24. The average Bonchev–Trinajstić information content (AvgIpc) is 3.27. The first-order chi connectivity index (χ1) is 15.2. The third-order valence-corrected chi connectivity index (χ3v) is 6.47. The van der Waals surface area contributed by atoms with E-state index in [4.69, 9.17) is 11.5 Å². The van der Waals surface area contributed by atoms with Gasteiger partial charge in [-0.05, 0) is 31.9 Å². The van der Waals surface area contributed by atoms with Gasteiger partial charge in [0.2, 0.25) is 0 Å². The van der Waals surface area contributed by atoms with E-state index < -0.39 is 23.9 Å². The number of anilines is 3. The minimum absolute atomic E-state index is 0.0161. The lowest BCUT2D eigenvalue weighted by Crippen LogP contribution is -2.31. The van der Waals surface area contributed by atoms with Crippen molar-refractivity contribution in [2.24, 2.45) is 12.8 Å². The van der Waals surface area contributed by atoms with Crippen molar-refractivity contribution in [3.8, 4) is 10.6 Å². The number of nitrogens with two attached hydrogens (primary N) is 2. The topological polar surface area (TPSA) is 115 Å². The molecule has 0 aliphatic carbocycles. The molecule has 0 spiro atoms. The number of benzene rings is 1. The number of halogens is 2. The fourth-order valence-electron chi connectivity index (χ4n) is 3.79. The molecule has 8 nitrogen and oxygen atoms in total. The maximum Gasteiger partial charge on any atom is 0.277 e. The molecule has 170 valence electrons. The van der Waals surface area contributed by atoms with E-state index in [0.29, 0.717) is 48.0 Å². The number of aromatic nitrogens is 3. The summed E-state index contributed by atoms with van der Waals surface area (Å²) in [7, 11) is 1.75. The van der Waals surface area contributed by atoms with Crippen molar-refractivity contribution in [1.29, 1.82) is 0 Å². The first-order valence-electron chi connectivity index (χ1n) is 10.3. The van der Waals surface area contributed by atoms with Crippen molar-refractivity contribution in [3.63, 3.8) is 0 Å². The first kappa shape index (κ1) is 22.2. The molecule has 5 N–H and O–H groups in total. The molecule has 1 aliphatic heterocycles. The maximum atomic E-state index is 14.3. The molecule has 2 aromatic heterocycles. The molecule has 1 amide bonds. The van der Waals surface area contributed by atoms with Gasteiger partial charge in [-0.25, -0.2) is 13.8 Å². The smallest absolute Gasteiger partial charge is 0.277 e. The third kappa shape index (κ3) is 4.30. The highest BCUT2D eigenvalue weighted by Crippen LogP contribution is 2.34. The van der Waals surface area contributed by atoms with E-state index in [9.17, 15) is 13.6 Å². The van der Waals surface area contributed by atoms with Crippen LogP contribution in [0.4, 0.5) is 25.3 Å². The Labute approximate surface area is 188 Å². The van der Waals surface area contributed by atoms with Gasteiger partial charge in [-0.3, -0.25) is 9.48 Å². The van der Waals surface area contributed by atoms with Gasteiger partial charge in [0.25, 0.3) is 5.91 Å². The number of nitrogen functional groups attached to an aromatic ring is 1. The van der Waals surface area contributed by atoms with Crippen LogP contribution in [0.25, 0.3) is 10.6 Å². The maximum absolute atomic E-state index is 14.3. The third-order valence-electron chi connectivity index (χ3n) is 5.55. The van der Waals surface area contributed by atoms with Crippen LogP contribution in [0, 0.1) is 12.7 Å². The van der Waals surface area contributed by atoms with Crippen LogP contribution in [-0.4, -0.2) is 46.0 Å². The monoisotopic (exact) mass is 461 g/mol. The van der Waals surface area contributed by atoms with Crippen molar-refractivity contribution >= 4 is 33.8 Å². The van der Waals surface area contributed by atoms with Gasteiger partial charge in [0, 0.05) is 31.7 Å². The van der Waals surface area contributed by atoms with Gasteiger partial charge in [-0.1, -0.05) is 23.0 Å². The van der Waals surface area contributed by atoms with E-state index in [1.807, 2.05) is 11.8 Å². The Hall–Kier alpha value is -3.05. The number of nitrogens with zero attached hydrogens (tertiary/aromatic N) is 4. The fourth-order valence-corrected chi connectivity index (χ4v) is 4.64. The molecule has 3 aromatic rings. The summed E-state index contributed by atoms with van der Waals surface area (Å²) < 4.78 is 29.9. The number of aryl methyl sites for hydroxylation is 2. The van der Waals surface area contributed by atoms with Crippen LogP contribution in [-0.2, 0) is 7.05 Å². The Kier molecular flexibility index (Phi) is 6.11. The van der Waals surface area contributed by atoms with E-state index >= 15 is 0 Å². The number of thiazole rings is 1. The van der Waals surface area contributed by atoms with E-state index in [1.54, 1.807) is 23.9 Å². The number of carbonyl (C=O) groups is 1. The second kappa shape index (κ2) is 8.83. The number of carbonyl (C=O) groups excluding carboxylic acids is 1. The number of hydrogen-bond acceptors (Lipinski definition) is 7. The SMILES string of the molecule is Cc1ccc(F)c(-c2nc(C(=O)Nc3cnn(C)c3N3CC[C@H](N)[C@@H](F)CC3)c(N)s2)c1. The summed E-state index contributed by atoms with van der Waals surface area (Å²) >= 11 is 1.05. The fraction of sp³-hybridized carbons (Fsp3) is 0.381. The Morgan fingerprint density at radius 3 is 2.84 bits per heavy atom. The van der Waals surface area contributed by atoms with Crippen LogP contribution in [0.1, 0.15) is 28.9 Å². The summed E-state index contributed by atoms with van der Waals surface area (Å²) in [5.41, 5.74) is 13.6. The van der Waals surface area contributed by atoms with Crippen LogP contribution in [0.3, 0.4) is 0 Å². The summed E-state index contributed by atoms with van der Waals surface area (Å²) in [6, 6.07) is 4.17. The molecule has 0 bridgehead atoms. The minimum Gasteiger partial charge on any atom is -0.389 e. The summed E-state index contributed by atoms with van der Waals surface area (Å²) in [5, 5.41) is 7.56. The van der Waals surface area contributed by atoms with Crippen LogP contribution in [0.2, 0.25) is 0 Å². The second-order valence-electron chi connectivity index (χ2n) is 7.92. The lowest BCUT2D eigenvalue weighted by atomic mass is 10.1. The lowest BCUT2D eigenvalue weighted by molar-refractivity contribution is 0.102. The number of hydrogen-bond donors (Lipinski definition) is 3. The molecule has 1 aromatic carbocycles. The molecule has 0 radical (unpaired) electrons. The average molecular weight is 462 g/mol. The van der Waals surface area contributed by atoms with E-state index in [1.165, 1.54) is 12.3 Å². The quantitative estimate of drug-likeness (QED) is 0.550. The largest absolute Gasteiger partial charge is 0.389 e.